The van der Waals surface area contributed by atoms with E-state index in [1.54, 1.807) is 24.3 Å². The van der Waals surface area contributed by atoms with Gasteiger partial charge >= 0.3 is 5.97 Å². The Kier molecular flexibility index (Phi) is 7.38. The van der Waals surface area contributed by atoms with Crippen molar-refractivity contribution >= 4 is 11.9 Å². The zero-order valence-corrected chi connectivity index (χ0v) is 15.4. The van der Waals surface area contributed by atoms with Gasteiger partial charge in [-0.05, 0) is 31.0 Å². The smallest absolute Gasteiger partial charge is 0.344 e. The first-order valence-electron chi connectivity index (χ1n) is 8.67. The van der Waals surface area contributed by atoms with E-state index in [0.717, 1.165) is 17.5 Å². The summed E-state index contributed by atoms with van der Waals surface area (Å²) in [7, 11) is 0. The van der Waals surface area contributed by atoms with Crippen LogP contribution in [-0.4, -0.2) is 25.1 Å². The Labute approximate surface area is 158 Å². The molecule has 0 aliphatic rings. The zero-order valence-electron chi connectivity index (χ0n) is 15.4. The molecule has 0 spiro atoms. The number of carbonyl (C=O) groups is 2. The Hall–Kier alpha value is -3.33. The highest BCUT2D eigenvalue weighted by Gasteiger charge is 2.15. The maximum atomic E-state index is 12.1. The minimum absolute atomic E-state index is 0.143. The molecule has 0 aliphatic carbocycles. The van der Waals surface area contributed by atoms with Crippen LogP contribution in [0.3, 0.4) is 0 Å². The first-order valence-corrected chi connectivity index (χ1v) is 8.67. The molecule has 1 N–H and O–H groups in total. The summed E-state index contributed by atoms with van der Waals surface area (Å²) in [5, 5.41) is 11.8. The molecule has 0 bridgehead atoms. The molecule has 27 heavy (non-hydrogen) atoms. The second kappa shape index (κ2) is 9.97. The Balaban J connectivity index is 1.79. The van der Waals surface area contributed by atoms with Crippen LogP contribution >= 0.6 is 0 Å². The average Bonchev–Trinajstić information content (AvgIpc) is 2.69. The van der Waals surface area contributed by atoms with Crippen molar-refractivity contribution in [2.24, 2.45) is 0 Å². The maximum Gasteiger partial charge on any atom is 0.344 e. The second-order valence-corrected chi connectivity index (χ2v) is 6.00. The number of nitrogens with one attached hydrogen (secondary N) is 1. The van der Waals surface area contributed by atoms with Crippen molar-refractivity contribution in [3.8, 4) is 11.8 Å². The quantitative estimate of drug-likeness (QED) is 0.726. The minimum Gasteiger partial charge on any atom is -0.481 e. The van der Waals surface area contributed by atoms with Crippen LogP contribution in [-0.2, 0) is 14.3 Å². The molecule has 2 rings (SSSR count). The third-order valence-corrected chi connectivity index (χ3v) is 3.94. The predicted molar refractivity (Wildman–Crippen MR) is 100.0 cm³/mol. The number of esters is 1. The summed E-state index contributed by atoms with van der Waals surface area (Å²) >= 11 is 0. The summed E-state index contributed by atoms with van der Waals surface area (Å²) < 4.78 is 10.2. The highest BCUT2D eigenvalue weighted by Crippen LogP contribution is 2.17. The van der Waals surface area contributed by atoms with E-state index in [1.165, 1.54) is 0 Å². The van der Waals surface area contributed by atoms with Crippen LogP contribution in [0.15, 0.2) is 48.5 Å². The van der Waals surface area contributed by atoms with Crippen LogP contribution in [0.2, 0.25) is 0 Å². The Morgan fingerprint density at radius 2 is 1.81 bits per heavy atom. The van der Waals surface area contributed by atoms with Gasteiger partial charge in [0.05, 0.1) is 11.6 Å². The molecular formula is C21H22N2O4. The van der Waals surface area contributed by atoms with Gasteiger partial charge in [-0.25, -0.2) is 4.79 Å². The Bertz CT molecular complexity index is 825. The van der Waals surface area contributed by atoms with Gasteiger partial charge in [-0.15, -0.1) is 0 Å². The lowest BCUT2D eigenvalue weighted by molar-refractivity contribution is -0.150. The van der Waals surface area contributed by atoms with Crippen LogP contribution in [0.1, 0.15) is 36.1 Å². The molecular weight excluding hydrogens is 344 g/mol. The fourth-order valence-electron chi connectivity index (χ4n) is 2.47. The SMILES string of the molecule is CC[C@H](NC(=O)COC(=O)COc1ccccc1C#N)c1ccc(C)cc1. The summed E-state index contributed by atoms with van der Waals surface area (Å²) in [4.78, 5) is 23.8. The van der Waals surface area contributed by atoms with Crippen LogP contribution in [0.4, 0.5) is 0 Å². The topological polar surface area (TPSA) is 88.4 Å². The van der Waals surface area contributed by atoms with Crippen LogP contribution in [0, 0.1) is 18.3 Å². The predicted octanol–water partition coefficient (Wildman–Crippen LogP) is 3.06. The molecule has 0 unspecified atom stereocenters. The molecule has 6 nitrogen and oxygen atoms in total. The van der Waals surface area contributed by atoms with Crippen molar-refractivity contribution in [2.45, 2.75) is 26.3 Å². The summed E-state index contributed by atoms with van der Waals surface area (Å²) in [6.45, 7) is 3.21. The third-order valence-electron chi connectivity index (χ3n) is 3.94. The highest BCUT2D eigenvalue weighted by atomic mass is 16.6. The van der Waals surface area contributed by atoms with E-state index in [9.17, 15) is 9.59 Å². The fraction of sp³-hybridized carbons (Fsp3) is 0.286. The molecule has 0 fully saturated rings. The molecule has 0 radical (unpaired) electrons. The van der Waals surface area contributed by atoms with Gasteiger partial charge in [-0.2, -0.15) is 5.26 Å². The molecule has 140 valence electrons. The van der Waals surface area contributed by atoms with Crippen molar-refractivity contribution < 1.29 is 19.1 Å². The zero-order chi connectivity index (χ0) is 19.6. The van der Waals surface area contributed by atoms with Gasteiger partial charge in [0.25, 0.3) is 5.91 Å². The van der Waals surface area contributed by atoms with E-state index in [-0.39, 0.29) is 25.2 Å². The number of benzene rings is 2. The molecule has 0 saturated carbocycles. The van der Waals surface area contributed by atoms with E-state index >= 15 is 0 Å². The second-order valence-electron chi connectivity index (χ2n) is 6.00. The monoisotopic (exact) mass is 366 g/mol. The van der Waals surface area contributed by atoms with Crippen LogP contribution < -0.4 is 10.1 Å². The van der Waals surface area contributed by atoms with E-state index in [0.29, 0.717) is 11.3 Å². The van der Waals surface area contributed by atoms with Crippen molar-refractivity contribution in [3.63, 3.8) is 0 Å². The molecule has 2 aromatic carbocycles. The number of hydrogen-bond acceptors (Lipinski definition) is 5. The molecule has 0 aromatic heterocycles. The lowest BCUT2D eigenvalue weighted by Gasteiger charge is -2.17. The van der Waals surface area contributed by atoms with Gasteiger partial charge in [0.1, 0.15) is 11.8 Å². The fourth-order valence-corrected chi connectivity index (χ4v) is 2.47. The van der Waals surface area contributed by atoms with E-state index in [1.807, 2.05) is 44.2 Å². The first-order chi connectivity index (χ1) is 13.0. The van der Waals surface area contributed by atoms with Crippen LogP contribution in [0.5, 0.6) is 5.75 Å². The number of nitrogens with zero attached hydrogens (tertiary/aromatic N) is 1. The summed E-state index contributed by atoms with van der Waals surface area (Å²) in [6.07, 6.45) is 0.719. The van der Waals surface area contributed by atoms with E-state index < -0.39 is 5.97 Å². The van der Waals surface area contributed by atoms with Gasteiger partial charge < -0.3 is 14.8 Å². The number of carbonyl (C=O) groups excluding carboxylic acids is 2. The average molecular weight is 366 g/mol. The lowest BCUT2D eigenvalue weighted by Crippen LogP contribution is -2.33. The van der Waals surface area contributed by atoms with Crippen molar-refractivity contribution in [2.75, 3.05) is 13.2 Å². The molecule has 0 aliphatic heterocycles. The number of hydrogen-bond donors (Lipinski definition) is 1. The van der Waals surface area contributed by atoms with Gasteiger partial charge in [0.2, 0.25) is 0 Å². The number of ether oxygens (including phenoxy) is 2. The molecule has 1 atom stereocenters. The Morgan fingerprint density at radius 1 is 1.11 bits per heavy atom. The molecule has 0 saturated heterocycles. The van der Waals surface area contributed by atoms with Crippen molar-refractivity contribution in [1.29, 1.82) is 5.26 Å². The third kappa shape index (κ3) is 6.15. The molecule has 1 amide bonds. The van der Waals surface area contributed by atoms with Crippen LogP contribution in [0.25, 0.3) is 0 Å². The number of rotatable bonds is 8. The lowest BCUT2D eigenvalue weighted by atomic mass is 10.0. The number of amides is 1. The standard InChI is InChI=1S/C21H22N2O4/c1-3-18(16-10-8-15(2)9-11-16)23-20(24)13-27-21(25)14-26-19-7-5-4-6-17(19)12-22/h4-11,18H,3,13-14H2,1-2H3,(H,23,24)/t18-/m0/s1. The molecule has 0 heterocycles. The van der Waals surface area contributed by atoms with Crippen molar-refractivity contribution in [3.05, 3.63) is 65.2 Å². The number of para-hydroxylation sites is 1. The van der Waals surface area contributed by atoms with Crippen molar-refractivity contribution in [1.82, 2.24) is 5.32 Å². The highest BCUT2D eigenvalue weighted by molar-refractivity contribution is 5.81. The summed E-state index contributed by atoms with van der Waals surface area (Å²) in [5.74, 6) is -0.763. The van der Waals surface area contributed by atoms with Gasteiger partial charge in [0.15, 0.2) is 13.2 Å². The molecule has 6 heteroatoms. The van der Waals surface area contributed by atoms with Gasteiger partial charge in [-0.1, -0.05) is 48.9 Å². The van der Waals surface area contributed by atoms with E-state index in [2.05, 4.69) is 5.32 Å². The minimum atomic E-state index is -0.679. The van der Waals surface area contributed by atoms with E-state index in [4.69, 9.17) is 14.7 Å². The largest absolute Gasteiger partial charge is 0.481 e. The summed E-state index contributed by atoms with van der Waals surface area (Å²) in [6, 6.07) is 16.3. The maximum absolute atomic E-state index is 12.1. The normalized spacial score (nSPS) is 11.1. The van der Waals surface area contributed by atoms with Gasteiger partial charge in [-0.3, -0.25) is 4.79 Å². The molecule has 2 aromatic rings. The van der Waals surface area contributed by atoms with Gasteiger partial charge in [0, 0.05) is 0 Å². The Morgan fingerprint density at radius 3 is 2.48 bits per heavy atom. The number of aryl methyl sites for hydroxylation is 1. The first kappa shape index (κ1) is 20.0. The summed E-state index contributed by atoms with van der Waals surface area (Å²) in [5.41, 5.74) is 2.47. The number of nitriles is 1.